The molecule has 106 valence electrons. The van der Waals surface area contributed by atoms with E-state index in [9.17, 15) is 4.79 Å². The summed E-state index contributed by atoms with van der Waals surface area (Å²) in [5, 5.41) is 0.282. The van der Waals surface area contributed by atoms with Crippen molar-refractivity contribution in [1.82, 2.24) is 9.97 Å². The number of aromatic nitrogens is 2. The Hall–Kier alpha value is -1.97. The molecule has 2 aromatic heterocycles. The van der Waals surface area contributed by atoms with Crippen molar-refractivity contribution in [2.45, 2.75) is 6.92 Å². The molecule has 5 heteroatoms. The van der Waals surface area contributed by atoms with E-state index in [1.165, 1.54) is 0 Å². The first-order valence-electron chi connectivity index (χ1n) is 6.18. The van der Waals surface area contributed by atoms with Crippen molar-refractivity contribution in [3.63, 3.8) is 0 Å². The number of hydrogen-bond donors (Lipinski definition) is 0. The Bertz CT molecular complexity index is 804. The van der Waals surface area contributed by atoms with E-state index in [1.54, 1.807) is 12.3 Å². The molecule has 0 saturated heterocycles. The molecule has 0 amide bonds. The van der Waals surface area contributed by atoms with Gasteiger partial charge in [0.2, 0.25) is 0 Å². The molecule has 0 saturated carbocycles. The second kappa shape index (κ2) is 6.20. The van der Waals surface area contributed by atoms with Gasteiger partial charge in [0.1, 0.15) is 0 Å². The molecule has 3 rings (SSSR count). The summed E-state index contributed by atoms with van der Waals surface area (Å²) in [4.78, 5) is 20.5. The molecular formula is C16H12Cl2N2O. The lowest BCUT2D eigenvalue weighted by atomic mass is 10.0. The number of benzene rings is 1. The predicted octanol–water partition coefficient (Wildman–Crippen LogP) is 4.41. The highest BCUT2D eigenvalue weighted by Gasteiger charge is 2.12. The van der Waals surface area contributed by atoms with E-state index in [0.29, 0.717) is 17.0 Å². The maximum atomic E-state index is 11.7. The van der Waals surface area contributed by atoms with Gasteiger partial charge < -0.3 is 0 Å². The molecule has 0 aliphatic carbocycles. The monoisotopic (exact) mass is 318 g/mol. The molecule has 0 N–H and O–H groups in total. The summed E-state index contributed by atoms with van der Waals surface area (Å²) in [6.07, 6.45) is 1.69. The van der Waals surface area contributed by atoms with Gasteiger partial charge >= 0.3 is 0 Å². The number of carbonyl (C=O) groups is 1. The van der Waals surface area contributed by atoms with Crippen molar-refractivity contribution in [1.29, 1.82) is 0 Å². The Labute approximate surface area is 133 Å². The highest BCUT2D eigenvalue weighted by atomic mass is 35.5. The van der Waals surface area contributed by atoms with Gasteiger partial charge in [0.15, 0.2) is 0 Å². The van der Waals surface area contributed by atoms with Gasteiger partial charge in [0.05, 0.1) is 16.9 Å². The number of carbonyl (C=O) groups excluding carboxylic acids is 1. The fourth-order valence-electron chi connectivity index (χ4n) is 2.15. The molecule has 3 aromatic rings. The lowest BCUT2D eigenvalue weighted by Crippen LogP contribution is -1.97. The number of rotatable bonds is 2. The lowest BCUT2D eigenvalue weighted by molar-refractivity contribution is 0.108. The van der Waals surface area contributed by atoms with E-state index in [0.717, 1.165) is 16.5 Å². The summed E-state index contributed by atoms with van der Waals surface area (Å²) in [5.74, 6) is 0. The summed E-state index contributed by atoms with van der Waals surface area (Å²) in [6.45, 7) is 1.97. The molecule has 0 fully saturated rings. The molecule has 0 bridgehead atoms. The molecule has 0 aliphatic heterocycles. The van der Waals surface area contributed by atoms with Crippen molar-refractivity contribution >= 4 is 40.2 Å². The molecule has 3 nitrogen and oxygen atoms in total. The Morgan fingerprint density at radius 3 is 2.57 bits per heavy atom. The zero-order valence-electron chi connectivity index (χ0n) is 11.2. The van der Waals surface area contributed by atoms with Gasteiger partial charge in [-0.25, -0.2) is 4.98 Å². The minimum absolute atomic E-state index is 0. The Balaban J connectivity index is 0.00000161. The summed E-state index contributed by atoms with van der Waals surface area (Å²) in [6, 6.07) is 13.0. The number of hydrogen-bond acceptors (Lipinski definition) is 3. The number of aryl methyl sites for hydroxylation is 1. The van der Waals surface area contributed by atoms with E-state index in [-0.39, 0.29) is 12.4 Å². The van der Waals surface area contributed by atoms with Crippen molar-refractivity contribution in [2.75, 3.05) is 0 Å². The highest BCUT2D eigenvalue weighted by Crippen LogP contribution is 2.25. The van der Waals surface area contributed by atoms with Crippen LogP contribution >= 0.6 is 24.0 Å². The Morgan fingerprint density at radius 2 is 1.90 bits per heavy atom. The smallest absolute Gasteiger partial charge is 0.253 e. The van der Waals surface area contributed by atoms with Crippen LogP contribution in [0.2, 0.25) is 0 Å². The number of nitrogens with zero attached hydrogens (tertiary/aromatic N) is 2. The summed E-state index contributed by atoms with van der Waals surface area (Å²) >= 11 is 5.71. The van der Waals surface area contributed by atoms with Gasteiger partial charge in [0.25, 0.3) is 5.24 Å². The van der Waals surface area contributed by atoms with Crippen LogP contribution in [-0.4, -0.2) is 15.2 Å². The Kier molecular flexibility index (Phi) is 4.56. The number of fused-ring (bicyclic) bond motifs is 1. The van der Waals surface area contributed by atoms with E-state index in [2.05, 4.69) is 9.97 Å². The maximum absolute atomic E-state index is 11.7. The van der Waals surface area contributed by atoms with Crippen LogP contribution in [0.15, 0.2) is 48.7 Å². The van der Waals surface area contributed by atoms with Crippen molar-refractivity contribution < 1.29 is 4.79 Å². The summed E-state index contributed by atoms with van der Waals surface area (Å²) < 4.78 is 0. The highest BCUT2D eigenvalue weighted by molar-refractivity contribution is 6.68. The van der Waals surface area contributed by atoms with Crippen LogP contribution in [0.1, 0.15) is 15.9 Å². The van der Waals surface area contributed by atoms with Gasteiger partial charge in [0, 0.05) is 17.1 Å². The second-order valence-corrected chi connectivity index (χ2v) is 4.91. The third kappa shape index (κ3) is 3.04. The molecule has 1 aromatic carbocycles. The minimum Gasteiger partial charge on any atom is -0.276 e. The molecule has 0 aliphatic rings. The summed E-state index contributed by atoms with van der Waals surface area (Å²) in [5.41, 5.74) is 3.62. The van der Waals surface area contributed by atoms with Gasteiger partial charge in [-0.3, -0.25) is 9.78 Å². The predicted molar refractivity (Wildman–Crippen MR) is 87.1 cm³/mol. The van der Waals surface area contributed by atoms with Crippen LogP contribution in [0.4, 0.5) is 0 Å². The van der Waals surface area contributed by atoms with Crippen molar-refractivity contribution in [2.24, 2.45) is 0 Å². The topological polar surface area (TPSA) is 42.9 Å². The number of pyridine rings is 2. The fraction of sp³-hybridized carbons (Fsp3) is 0.0625. The first-order chi connectivity index (χ1) is 9.65. The summed E-state index contributed by atoms with van der Waals surface area (Å²) in [7, 11) is 0. The third-order valence-electron chi connectivity index (χ3n) is 3.10. The van der Waals surface area contributed by atoms with Crippen LogP contribution in [0.3, 0.4) is 0 Å². The zero-order chi connectivity index (χ0) is 14.1. The van der Waals surface area contributed by atoms with Crippen LogP contribution in [-0.2, 0) is 0 Å². The van der Waals surface area contributed by atoms with E-state index >= 15 is 0 Å². The lowest BCUT2D eigenvalue weighted by Gasteiger charge is -2.07. The normalized spacial score (nSPS) is 10.2. The van der Waals surface area contributed by atoms with Crippen LogP contribution in [0.5, 0.6) is 0 Å². The van der Waals surface area contributed by atoms with Crippen LogP contribution in [0.25, 0.3) is 22.3 Å². The Morgan fingerprint density at radius 1 is 1.10 bits per heavy atom. The second-order valence-electron chi connectivity index (χ2n) is 4.56. The van der Waals surface area contributed by atoms with Crippen molar-refractivity contribution in [3.05, 3.63) is 59.8 Å². The average Bonchev–Trinajstić information content (AvgIpc) is 2.47. The largest absolute Gasteiger partial charge is 0.276 e. The zero-order valence-corrected chi connectivity index (χ0v) is 12.8. The van der Waals surface area contributed by atoms with Crippen LogP contribution < -0.4 is 0 Å². The molecule has 0 atom stereocenters. The molecule has 21 heavy (non-hydrogen) atoms. The standard InChI is InChI=1S/C16H11ClN2O.ClH/c1-10-5-6-13-11(8-10)12(16(17)20)9-15(19-13)14-4-2-3-7-18-14;/h2-9H,1H3;1H. The quantitative estimate of drug-likeness (QED) is 0.657. The minimum atomic E-state index is -0.486. The van der Waals surface area contributed by atoms with E-state index in [4.69, 9.17) is 11.6 Å². The molecule has 0 radical (unpaired) electrons. The number of halogens is 2. The molecule has 2 heterocycles. The molecule has 0 unspecified atom stereocenters. The SMILES string of the molecule is Cc1ccc2nc(-c3ccccn3)cc(C(=O)Cl)c2c1.Cl. The first kappa shape index (κ1) is 15.4. The van der Waals surface area contributed by atoms with E-state index in [1.807, 2.05) is 43.3 Å². The first-order valence-corrected chi connectivity index (χ1v) is 6.55. The van der Waals surface area contributed by atoms with Crippen LogP contribution in [0, 0.1) is 6.92 Å². The van der Waals surface area contributed by atoms with Crippen molar-refractivity contribution in [3.8, 4) is 11.4 Å². The van der Waals surface area contributed by atoms with Gasteiger partial charge in [-0.2, -0.15) is 0 Å². The average molecular weight is 319 g/mol. The van der Waals surface area contributed by atoms with Gasteiger partial charge in [-0.05, 0) is 48.9 Å². The van der Waals surface area contributed by atoms with Gasteiger partial charge in [-0.1, -0.05) is 17.7 Å². The fourth-order valence-corrected chi connectivity index (χ4v) is 2.30. The molecule has 0 spiro atoms. The molecular weight excluding hydrogens is 307 g/mol. The van der Waals surface area contributed by atoms with Gasteiger partial charge in [-0.15, -0.1) is 12.4 Å². The maximum Gasteiger partial charge on any atom is 0.253 e. The third-order valence-corrected chi connectivity index (χ3v) is 3.31. The van der Waals surface area contributed by atoms with E-state index < -0.39 is 5.24 Å².